The smallest absolute Gasteiger partial charge is 0.356 e. The molecular weight excluding hydrogens is 525 g/mol. The maximum atomic E-state index is 14.6. The van der Waals surface area contributed by atoms with Crippen molar-refractivity contribution in [3.8, 4) is 11.1 Å². The molecule has 196 valence electrons. The van der Waals surface area contributed by atoms with Crippen LogP contribution in [0.1, 0.15) is 24.1 Å². The number of halogens is 3. The summed E-state index contributed by atoms with van der Waals surface area (Å²) in [6, 6.07) is 16.5. The molecule has 0 fully saturated rings. The largest absolute Gasteiger partial charge is 0.394 e. The molecule has 4 aromatic rings. The van der Waals surface area contributed by atoms with Crippen molar-refractivity contribution >= 4 is 33.1 Å². The normalized spacial score (nSPS) is 15.2. The Kier molecular flexibility index (Phi) is 8.60. The SMILES string of the molecule is Fc1ccc(SCCCC2Cc3[nH]c4c(F)ccc(-c5ccc(F)cc5)c4c3CN2)cc1.O=S(=O)(O)O. The highest BCUT2D eigenvalue weighted by Crippen LogP contribution is 2.36. The number of hydrogen-bond donors (Lipinski definition) is 4. The van der Waals surface area contributed by atoms with Crippen LogP contribution >= 0.6 is 11.8 Å². The van der Waals surface area contributed by atoms with Crippen molar-refractivity contribution in [2.24, 2.45) is 0 Å². The van der Waals surface area contributed by atoms with Crippen molar-refractivity contribution in [2.45, 2.75) is 36.7 Å². The summed E-state index contributed by atoms with van der Waals surface area (Å²) in [7, 11) is -4.67. The first-order chi connectivity index (χ1) is 17.6. The second kappa shape index (κ2) is 11.7. The Morgan fingerprint density at radius 3 is 2.19 bits per heavy atom. The van der Waals surface area contributed by atoms with E-state index < -0.39 is 10.4 Å². The van der Waals surface area contributed by atoms with Crippen molar-refractivity contribution in [1.29, 1.82) is 0 Å². The molecule has 0 spiro atoms. The Balaban J connectivity index is 0.000000586. The molecule has 11 heteroatoms. The van der Waals surface area contributed by atoms with Crippen LogP contribution in [0.4, 0.5) is 13.2 Å². The van der Waals surface area contributed by atoms with Gasteiger partial charge in [-0.05, 0) is 77.7 Å². The fraction of sp³-hybridized carbons (Fsp3) is 0.231. The molecule has 3 aromatic carbocycles. The minimum absolute atomic E-state index is 0.214. The van der Waals surface area contributed by atoms with Gasteiger partial charge in [0.05, 0.1) is 5.52 Å². The van der Waals surface area contributed by atoms with Gasteiger partial charge in [0.25, 0.3) is 0 Å². The highest BCUT2D eigenvalue weighted by atomic mass is 32.3. The number of aromatic nitrogens is 1. The molecule has 4 N–H and O–H groups in total. The fourth-order valence-corrected chi connectivity index (χ4v) is 5.32. The molecule has 0 bridgehead atoms. The molecule has 1 atom stereocenters. The Bertz CT molecular complexity index is 1470. The maximum Gasteiger partial charge on any atom is 0.394 e. The third-order valence-electron chi connectivity index (χ3n) is 6.05. The van der Waals surface area contributed by atoms with Crippen molar-refractivity contribution in [3.63, 3.8) is 0 Å². The van der Waals surface area contributed by atoms with Crippen molar-refractivity contribution in [1.82, 2.24) is 10.3 Å². The summed E-state index contributed by atoms with van der Waals surface area (Å²) in [4.78, 5) is 4.40. The minimum atomic E-state index is -4.67. The standard InChI is InChI=1S/C26H23F3N2S.H2O4S/c27-17-5-3-16(4-6-17)21-11-12-23(29)26-25(21)22-15-30-19(14-24(22)31-26)2-1-13-32-20-9-7-18(28)8-10-20;1-5(2,3)4/h3-12,19,30-31H,1-2,13-15H2;(H2,1,2,3,4). The van der Waals surface area contributed by atoms with Gasteiger partial charge in [-0.25, -0.2) is 13.2 Å². The molecule has 0 radical (unpaired) electrons. The summed E-state index contributed by atoms with van der Waals surface area (Å²) in [5, 5.41) is 4.48. The van der Waals surface area contributed by atoms with E-state index in [9.17, 15) is 13.2 Å². The molecular formula is C26H25F3N2O4S2. The van der Waals surface area contributed by atoms with Crippen LogP contribution in [0.3, 0.4) is 0 Å². The van der Waals surface area contributed by atoms with Crippen molar-refractivity contribution in [3.05, 3.63) is 89.4 Å². The van der Waals surface area contributed by atoms with Crippen molar-refractivity contribution < 1.29 is 30.7 Å². The van der Waals surface area contributed by atoms with Crippen LogP contribution in [0.2, 0.25) is 0 Å². The molecule has 1 aliphatic heterocycles. The van der Waals surface area contributed by atoms with Crippen LogP contribution in [0, 0.1) is 17.5 Å². The number of rotatable bonds is 6. The lowest BCUT2D eigenvalue weighted by molar-refractivity contribution is 0.381. The van der Waals surface area contributed by atoms with Gasteiger partial charge in [-0.3, -0.25) is 9.11 Å². The van der Waals surface area contributed by atoms with E-state index >= 15 is 0 Å². The van der Waals surface area contributed by atoms with E-state index in [0.29, 0.717) is 18.1 Å². The Morgan fingerprint density at radius 2 is 1.54 bits per heavy atom. The monoisotopic (exact) mass is 550 g/mol. The molecule has 1 aromatic heterocycles. The van der Waals surface area contributed by atoms with E-state index in [2.05, 4.69) is 10.3 Å². The Morgan fingerprint density at radius 1 is 0.919 bits per heavy atom. The summed E-state index contributed by atoms with van der Waals surface area (Å²) in [5.41, 5.74) is 4.47. The molecule has 6 nitrogen and oxygen atoms in total. The first-order valence-electron chi connectivity index (χ1n) is 11.5. The average molecular weight is 551 g/mol. The van der Waals surface area contributed by atoms with Crippen molar-refractivity contribution in [2.75, 3.05) is 5.75 Å². The van der Waals surface area contributed by atoms with Gasteiger partial charge >= 0.3 is 10.4 Å². The zero-order chi connectivity index (χ0) is 26.6. The minimum Gasteiger partial charge on any atom is -0.356 e. The first-order valence-corrected chi connectivity index (χ1v) is 13.9. The molecule has 5 rings (SSSR count). The lowest BCUT2D eigenvalue weighted by atomic mass is 9.94. The molecule has 0 saturated heterocycles. The zero-order valence-corrected chi connectivity index (χ0v) is 21.2. The van der Waals surface area contributed by atoms with Gasteiger partial charge < -0.3 is 10.3 Å². The van der Waals surface area contributed by atoms with E-state index in [1.165, 1.54) is 30.3 Å². The van der Waals surface area contributed by atoms with E-state index in [4.69, 9.17) is 17.5 Å². The van der Waals surface area contributed by atoms with Crippen LogP contribution in [0.15, 0.2) is 65.6 Å². The molecule has 0 saturated carbocycles. The molecule has 1 aliphatic rings. The average Bonchev–Trinajstić information content (AvgIpc) is 3.23. The number of nitrogens with one attached hydrogen (secondary N) is 2. The van der Waals surface area contributed by atoms with Crippen LogP contribution < -0.4 is 5.32 Å². The molecule has 0 aliphatic carbocycles. The van der Waals surface area contributed by atoms with Gasteiger partial charge in [-0.2, -0.15) is 8.42 Å². The maximum absolute atomic E-state index is 14.6. The van der Waals surface area contributed by atoms with Crippen LogP contribution in [0.25, 0.3) is 22.0 Å². The Hall–Kier alpha value is -2.83. The number of aromatic amines is 1. The van der Waals surface area contributed by atoms with Gasteiger partial charge in [0.15, 0.2) is 0 Å². The topological polar surface area (TPSA) is 102 Å². The summed E-state index contributed by atoms with van der Waals surface area (Å²) in [5.74, 6) is 0.193. The van der Waals surface area contributed by atoms with Crippen LogP contribution in [0.5, 0.6) is 0 Å². The third-order valence-corrected chi connectivity index (χ3v) is 7.15. The predicted octanol–water partition coefficient (Wildman–Crippen LogP) is 6.19. The van der Waals surface area contributed by atoms with E-state index in [1.807, 2.05) is 12.1 Å². The zero-order valence-electron chi connectivity index (χ0n) is 19.5. The van der Waals surface area contributed by atoms with Gasteiger partial charge in [-0.15, -0.1) is 11.8 Å². The lowest BCUT2D eigenvalue weighted by Crippen LogP contribution is -2.35. The van der Waals surface area contributed by atoms with E-state index in [0.717, 1.165) is 57.7 Å². The lowest BCUT2D eigenvalue weighted by Gasteiger charge is -2.24. The molecule has 0 amide bonds. The number of thioether (sulfide) groups is 1. The fourth-order valence-electron chi connectivity index (χ4n) is 4.45. The molecule has 2 heterocycles. The van der Waals surface area contributed by atoms with Gasteiger partial charge in [0, 0.05) is 35.0 Å². The second-order valence-electron chi connectivity index (χ2n) is 8.61. The molecule has 1 unspecified atom stereocenters. The highest BCUT2D eigenvalue weighted by Gasteiger charge is 2.24. The summed E-state index contributed by atoms with van der Waals surface area (Å²) < 4.78 is 72.6. The predicted molar refractivity (Wildman–Crippen MR) is 139 cm³/mol. The van der Waals surface area contributed by atoms with E-state index in [1.54, 1.807) is 30.0 Å². The number of fused-ring (bicyclic) bond motifs is 3. The van der Waals surface area contributed by atoms with Crippen LogP contribution in [-0.4, -0.2) is 34.3 Å². The summed E-state index contributed by atoms with van der Waals surface area (Å²) in [6.07, 6.45) is 2.86. The Labute approximate surface area is 216 Å². The second-order valence-corrected chi connectivity index (χ2v) is 10.7. The first kappa shape index (κ1) is 27.2. The van der Waals surface area contributed by atoms with E-state index in [-0.39, 0.29) is 17.5 Å². The number of hydrogen-bond acceptors (Lipinski definition) is 4. The summed E-state index contributed by atoms with van der Waals surface area (Å²) in [6.45, 7) is 0.669. The highest BCUT2D eigenvalue weighted by molar-refractivity contribution is 7.99. The third kappa shape index (κ3) is 7.36. The van der Waals surface area contributed by atoms with Gasteiger partial charge in [0.2, 0.25) is 0 Å². The summed E-state index contributed by atoms with van der Waals surface area (Å²) >= 11 is 1.73. The number of H-pyrrole nitrogens is 1. The number of benzene rings is 3. The van der Waals surface area contributed by atoms with Gasteiger partial charge in [-0.1, -0.05) is 18.2 Å². The quantitative estimate of drug-likeness (QED) is 0.130. The van der Waals surface area contributed by atoms with Crippen LogP contribution in [-0.2, 0) is 23.4 Å². The molecule has 37 heavy (non-hydrogen) atoms. The van der Waals surface area contributed by atoms with Gasteiger partial charge in [0.1, 0.15) is 17.5 Å².